The molecule has 8 nitrogen and oxygen atoms in total. The van der Waals surface area contributed by atoms with Gasteiger partial charge < -0.3 is 14.5 Å². The van der Waals surface area contributed by atoms with Crippen LogP contribution in [0.3, 0.4) is 0 Å². The number of ether oxygens (including phenoxy) is 1. The van der Waals surface area contributed by atoms with Crippen LogP contribution in [-0.4, -0.2) is 35.8 Å². The molecule has 0 aliphatic heterocycles. The third kappa shape index (κ3) is 5.26. The highest BCUT2D eigenvalue weighted by molar-refractivity contribution is 7.09. The highest BCUT2D eigenvalue weighted by Crippen LogP contribution is 2.20. The van der Waals surface area contributed by atoms with Gasteiger partial charge in [0.1, 0.15) is 5.01 Å². The lowest BCUT2D eigenvalue weighted by Gasteiger charge is -2.07. The average molecular weight is 361 g/mol. The van der Waals surface area contributed by atoms with E-state index in [0.29, 0.717) is 5.01 Å². The summed E-state index contributed by atoms with van der Waals surface area (Å²) in [6.07, 6.45) is 1.26. The second-order valence-electron chi connectivity index (χ2n) is 5.00. The van der Waals surface area contributed by atoms with Gasteiger partial charge in [-0.2, -0.15) is 5.26 Å². The number of carbonyl (C=O) groups is 3. The van der Waals surface area contributed by atoms with Gasteiger partial charge in [-0.3, -0.25) is 14.4 Å². The van der Waals surface area contributed by atoms with Crippen LogP contribution in [0.2, 0.25) is 0 Å². The first-order valence-corrected chi connectivity index (χ1v) is 8.21. The Morgan fingerprint density at radius 3 is 2.88 bits per heavy atom. The number of esters is 1. The first-order chi connectivity index (χ1) is 12.0. The molecule has 2 rings (SSSR count). The van der Waals surface area contributed by atoms with E-state index in [1.165, 1.54) is 23.7 Å². The number of furan rings is 1. The lowest BCUT2D eigenvalue weighted by molar-refractivity contribution is -0.147. The summed E-state index contributed by atoms with van der Waals surface area (Å²) < 4.78 is 9.76. The normalized spacial score (nSPS) is 11.4. The van der Waals surface area contributed by atoms with Gasteiger partial charge in [0.15, 0.2) is 24.1 Å². The van der Waals surface area contributed by atoms with Crippen LogP contribution < -0.4 is 5.32 Å². The van der Waals surface area contributed by atoms with Crippen LogP contribution in [0.25, 0.3) is 0 Å². The molecular weight excluding hydrogens is 346 g/mol. The molecule has 9 heteroatoms. The molecule has 1 N–H and O–H groups in total. The van der Waals surface area contributed by atoms with Gasteiger partial charge in [-0.1, -0.05) is 0 Å². The van der Waals surface area contributed by atoms with Crippen molar-refractivity contribution < 1.29 is 23.5 Å². The summed E-state index contributed by atoms with van der Waals surface area (Å²) in [7, 11) is 0. The van der Waals surface area contributed by atoms with Gasteiger partial charge in [-0.25, -0.2) is 4.98 Å². The largest absolute Gasteiger partial charge is 0.459 e. The first kappa shape index (κ1) is 18.4. The lowest BCUT2D eigenvalue weighted by Crippen LogP contribution is -2.27. The van der Waals surface area contributed by atoms with Gasteiger partial charge in [0, 0.05) is 17.6 Å². The van der Waals surface area contributed by atoms with Crippen molar-refractivity contribution in [2.24, 2.45) is 0 Å². The molecule has 1 atom stereocenters. The van der Waals surface area contributed by atoms with E-state index < -0.39 is 30.2 Å². The minimum Gasteiger partial charge on any atom is -0.459 e. The molecule has 0 spiro atoms. The molecule has 0 saturated heterocycles. The van der Waals surface area contributed by atoms with Gasteiger partial charge in [0.25, 0.3) is 5.91 Å². The minimum atomic E-state index is -1.05. The third-order valence-electron chi connectivity index (χ3n) is 3.07. The molecule has 0 unspecified atom stereocenters. The summed E-state index contributed by atoms with van der Waals surface area (Å²) in [5, 5.41) is 13.7. The first-order valence-electron chi connectivity index (χ1n) is 7.33. The quantitative estimate of drug-likeness (QED) is 0.708. The number of amides is 1. The van der Waals surface area contributed by atoms with E-state index in [1.54, 1.807) is 18.4 Å². The van der Waals surface area contributed by atoms with Crippen molar-refractivity contribution in [3.63, 3.8) is 0 Å². The fraction of sp³-hybridized carbons (Fsp3) is 0.312. The van der Waals surface area contributed by atoms with Crippen molar-refractivity contribution in [3.8, 4) is 6.07 Å². The van der Waals surface area contributed by atoms with Crippen LogP contribution in [0.1, 0.15) is 33.6 Å². The Labute approximate surface area is 147 Å². The van der Waals surface area contributed by atoms with E-state index in [0.717, 1.165) is 5.69 Å². The monoisotopic (exact) mass is 361 g/mol. The number of aromatic nitrogens is 1. The number of nitrogens with one attached hydrogen (secondary N) is 1. The molecule has 1 amide bonds. The number of carbonyl (C=O) groups excluding carboxylic acids is 3. The molecule has 0 aliphatic rings. The van der Waals surface area contributed by atoms with Gasteiger partial charge in [-0.05, 0) is 19.1 Å². The van der Waals surface area contributed by atoms with Gasteiger partial charge in [-0.15, -0.1) is 11.3 Å². The Morgan fingerprint density at radius 2 is 2.28 bits per heavy atom. The number of nitrogens with zero attached hydrogens (tertiary/aromatic N) is 2. The lowest BCUT2D eigenvalue weighted by atomic mass is 10.1. The molecule has 0 fully saturated rings. The predicted octanol–water partition coefficient (Wildman–Crippen LogP) is 1.58. The number of rotatable bonds is 8. The molecule has 0 aliphatic carbocycles. The molecule has 0 radical (unpaired) electrons. The van der Waals surface area contributed by atoms with Crippen molar-refractivity contribution in [3.05, 3.63) is 40.2 Å². The van der Waals surface area contributed by atoms with E-state index in [1.807, 2.05) is 6.07 Å². The summed E-state index contributed by atoms with van der Waals surface area (Å²) in [6.45, 7) is 1.29. The molecule has 2 heterocycles. The summed E-state index contributed by atoms with van der Waals surface area (Å²) >= 11 is 1.21. The number of thiazole rings is 1. The summed E-state index contributed by atoms with van der Waals surface area (Å²) in [4.78, 5) is 39.3. The second kappa shape index (κ2) is 8.75. The van der Waals surface area contributed by atoms with Crippen molar-refractivity contribution in [2.45, 2.75) is 19.3 Å². The van der Waals surface area contributed by atoms with E-state index in [9.17, 15) is 14.4 Å². The van der Waals surface area contributed by atoms with Gasteiger partial charge in [0.05, 0.1) is 18.8 Å². The molecule has 0 aromatic carbocycles. The smallest absolute Gasteiger partial charge is 0.308 e. The fourth-order valence-corrected chi connectivity index (χ4v) is 2.71. The number of hydrogen-bond donors (Lipinski definition) is 1. The number of nitriles is 1. The molecule has 0 saturated carbocycles. The fourth-order valence-electron chi connectivity index (χ4n) is 1.85. The van der Waals surface area contributed by atoms with E-state index in [2.05, 4.69) is 10.3 Å². The standard InChI is InChI=1S/C16H15N3O5S/c1-10-9-25-16(19-10)11(7-17)12(20)8-24-14(21)4-5-18-15(22)13-3-2-6-23-13/h2-3,6,9,11H,4-5,8H2,1H3,(H,18,22)/t11-/m1/s1. The zero-order chi connectivity index (χ0) is 18.2. The van der Waals surface area contributed by atoms with Crippen molar-refractivity contribution in [1.29, 1.82) is 5.26 Å². The molecule has 130 valence electrons. The van der Waals surface area contributed by atoms with E-state index >= 15 is 0 Å². The van der Waals surface area contributed by atoms with E-state index in [-0.39, 0.29) is 18.7 Å². The van der Waals surface area contributed by atoms with Crippen molar-refractivity contribution >= 4 is 29.0 Å². The summed E-state index contributed by atoms with van der Waals surface area (Å²) in [5.74, 6) is -2.55. The number of hydrogen-bond acceptors (Lipinski definition) is 8. The number of ketones is 1. The number of aryl methyl sites for hydroxylation is 1. The van der Waals surface area contributed by atoms with Crippen LogP contribution in [0.4, 0.5) is 0 Å². The third-order valence-corrected chi connectivity index (χ3v) is 4.10. The SMILES string of the molecule is Cc1csc([C@H](C#N)C(=O)COC(=O)CCNC(=O)c2ccco2)n1. The second-order valence-corrected chi connectivity index (χ2v) is 5.89. The minimum absolute atomic E-state index is 0.0416. The van der Waals surface area contributed by atoms with Gasteiger partial charge in [0.2, 0.25) is 0 Å². The van der Waals surface area contributed by atoms with E-state index in [4.69, 9.17) is 14.4 Å². The highest BCUT2D eigenvalue weighted by atomic mass is 32.1. The highest BCUT2D eigenvalue weighted by Gasteiger charge is 2.24. The van der Waals surface area contributed by atoms with Crippen LogP contribution in [-0.2, 0) is 14.3 Å². The Hall–Kier alpha value is -2.99. The summed E-state index contributed by atoms with van der Waals surface area (Å²) in [5.41, 5.74) is 0.720. The Balaban J connectivity index is 1.73. The van der Waals surface area contributed by atoms with Gasteiger partial charge >= 0.3 is 5.97 Å². The molecular formula is C16H15N3O5S. The zero-order valence-electron chi connectivity index (χ0n) is 13.4. The van der Waals surface area contributed by atoms with Crippen molar-refractivity contribution in [1.82, 2.24) is 10.3 Å². The maximum Gasteiger partial charge on any atom is 0.308 e. The predicted molar refractivity (Wildman–Crippen MR) is 86.8 cm³/mol. The van der Waals surface area contributed by atoms with Crippen LogP contribution >= 0.6 is 11.3 Å². The van der Waals surface area contributed by atoms with Crippen LogP contribution in [0.5, 0.6) is 0 Å². The topological polar surface area (TPSA) is 122 Å². The Kier molecular flexibility index (Phi) is 6.42. The Bertz CT molecular complexity index is 791. The molecule has 2 aromatic heterocycles. The number of Topliss-reactive ketones (excluding diaryl/α,β-unsaturated/α-hetero) is 1. The molecule has 2 aromatic rings. The molecule has 25 heavy (non-hydrogen) atoms. The maximum atomic E-state index is 12.0. The Morgan fingerprint density at radius 1 is 1.48 bits per heavy atom. The van der Waals surface area contributed by atoms with Crippen molar-refractivity contribution in [2.75, 3.05) is 13.2 Å². The zero-order valence-corrected chi connectivity index (χ0v) is 14.2. The maximum absolute atomic E-state index is 12.0. The summed E-state index contributed by atoms with van der Waals surface area (Å²) in [6, 6.07) is 4.94. The average Bonchev–Trinajstić information content (AvgIpc) is 3.25. The van der Waals surface area contributed by atoms with Crippen LogP contribution in [0.15, 0.2) is 28.2 Å². The molecule has 0 bridgehead atoms. The van der Waals surface area contributed by atoms with Crippen LogP contribution in [0, 0.1) is 18.3 Å².